The summed E-state index contributed by atoms with van der Waals surface area (Å²) in [6.07, 6.45) is 6.12. The number of aliphatic imine (C=N–C) groups is 1. The number of ether oxygens (including phenoxy) is 3. The first-order valence-electron chi connectivity index (χ1n) is 10.2. The minimum absolute atomic E-state index is 0. The number of rotatable bonds is 11. The van der Waals surface area contributed by atoms with Crippen LogP contribution >= 0.6 is 24.0 Å². The van der Waals surface area contributed by atoms with E-state index in [2.05, 4.69) is 21.7 Å². The second kappa shape index (κ2) is 13.2. The minimum Gasteiger partial charge on any atom is -0.493 e. The summed E-state index contributed by atoms with van der Waals surface area (Å²) in [5, 5.41) is 6.70. The van der Waals surface area contributed by atoms with Gasteiger partial charge < -0.3 is 24.8 Å². The van der Waals surface area contributed by atoms with Gasteiger partial charge in [-0.2, -0.15) is 0 Å². The van der Waals surface area contributed by atoms with Crippen LogP contribution in [0.1, 0.15) is 37.7 Å². The van der Waals surface area contributed by atoms with Crippen molar-refractivity contribution in [1.82, 2.24) is 10.6 Å². The van der Waals surface area contributed by atoms with E-state index in [0.717, 1.165) is 68.8 Å². The van der Waals surface area contributed by atoms with E-state index in [-0.39, 0.29) is 24.0 Å². The Hall–Kier alpha value is -1.06. The third kappa shape index (κ3) is 8.53. The van der Waals surface area contributed by atoms with Crippen molar-refractivity contribution in [2.45, 2.75) is 44.8 Å². The van der Waals surface area contributed by atoms with Gasteiger partial charge in [0.05, 0.1) is 19.3 Å². The molecular formula is C21H34IN3O3. The van der Waals surface area contributed by atoms with Gasteiger partial charge in [-0.25, -0.2) is 0 Å². The Morgan fingerprint density at radius 3 is 2.79 bits per heavy atom. The maximum absolute atomic E-state index is 5.97. The van der Waals surface area contributed by atoms with Gasteiger partial charge in [0, 0.05) is 38.9 Å². The van der Waals surface area contributed by atoms with Crippen LogP contribution in [0.15, 0.2) is 29.3 Å². The molecule has 1 aromatic carbocycles. The van der Waals surface area contributed by atoms with Gasteiger partial charge >= 0.3 is 0 Å². The molecule has 0 aromatic heterocycles. The van der Waals surface area contributed by atoms with Crippen molar-refractivity contribution in [2.75, 3.05) is 40.0 Å². The number of nitrogens with zero attached hydrogens (tertiary/aromatic N) is 1. The maximum Gasteiger partial charge on any atom is 0.191 e. The molecule has 1 aliphatic carbocycles. The first-order valence-corrected chi connectivity index (χ1v) is 10.2. The molecular weight excluding hydrogens is 469 g/mol. The van der Waals surface area contributed by atoms with Gasteiger partial charge in [-0.15, -0.1) is 24.0 Å². The lowest BCUT2D eigenvalue weighted by atomic mass is 10.2. The summed E-state index contributed by atoms with van der Waals surface area (Å²) in [6, 6.07) is 8.21. The van der Waals surface area contributed by atoms with Crippen LogP contribution in [-0.4, -0.2) is 52.1 Å². The summed E-state index contributed by atoms with van der Waals surface area (Å²) in [6.45, 7) is 4.68. The number of halogens is 1. The molecule has 0 radical (unpaired) electrons. The summed E-state index contributed by atoms with van der Waals surface area (Å²) in [5.74, 6) is 2.52. The normalized spacial score (nSPS) is 19.2. The standard InChI is InChI=1S/C21H33N3O3.HI/c1-22-21(23-11-5-12-25-16-19-7-4-13-26-19)24-14-18-6-2-3-8-20(18)27-15-17-9-10-17;/h2-3,6,8,17,19H,4-5,7,9-16H2,1H3,(H2,22,23,24);1H. The summed E-state index contributed by atoms with van der Waals surface area (Å²) >= 11 is 0. The average Bonchev–Trinajstić information content (AvgIpc) is 3.39. The SMILES string of the molecule is CN=C(NCCCOCC1CCCO1)NCc1ccccc1OCC1CC1.I. The van der Waals surface area contributed by atoms with Crippen LogP contribution in [0.3, 0.4) is 0 Å². The van der Waals surface area contributed by atoms with Crippen molar-refractivity contribution < 1.29 is 14.2 Å². The van der Waals surface area contributed by atoms with Crippen molar-refractivity contribution in [3.05, 3.63) is 29.8 Å². The quantitative estimate of drug-likeness (QED) is 0.210. The van der Waals surface area contributed by atoms with Gasteiger partial charge in [-0.05, 0) is 44.1 Å². The highest BCUT2D eigenvalue weighted by Crippen LogP contribution is 2.30. The smallest absolute Gasteiger partial charge is 0.191 e. The number of hydrogen-bond donors (Lipinski definition) is 2. The van der Waals surface area contributed by atoms with Gasteiger partial charge in [-0.1, -0.05) is 18.2 Å². The highest BCUT2D eigenvalue weighted by atomic mass is 127. The van der Waals surface area contributed by atoms with Crippen LogP contribution in [0.2, 0.25) is 0 Å². The third-order valence-electron chi connectivity index (χ3n) is 4.90. The molecule has 3 rings (SSSR count). The largest absolute Gasteiger partial charge is 0.493 e. The third-order valence-corrected chi connectivity index (χ3v) is 4.90. The Morgan fingerprint density at radius 1 is 1.18 bits per heavy atom. The highest BCUT2D eigenvalue weighted by molar-refractivity contribution is 14.0. The van der Waals surface area contributed by atoms with Crippen LogP contribution in [0.4, 0.5) is 0 Å². The molecule has 1 aliphatic heterocycles. The fourth-order valence-corrected chi connectivity index (χ4v) is 3.05. The molecule has 1 aromatic rings. The molecule has 7 heteroatoms. The average molecular weight is 503 g/mol. The lowest BCUT2D eigenvalue weighted by Gasteiger charge is -2.15. The zero-order valence-electron chi connectivity index (χ0n) is 16.8. The Morgan fingerprint density at radius 2 is 2.04 bits per heavy atom. The van der Waals surface area contributed by atoms with Gasteiger partial charge in [0.1, 0.15) is 5.75 Å². The van der Waals surface area contributed by atoms with E-state index in [1.807, 2.05) is 18.2 Å². The summed E-state index contributed by atoms with van der Waals surface area (Å²) in [5.41, 5.74) is 1.15. The Labute approximate surface area is 185 Å². The number of hydrogen-bond acceptors (Lipinski definition) is 4. The van der Waals surface area contributed by atoms with E-state index in [1.165, 1.54) is 12.8 Å². The van der Waals surface area contributed by atoms with E-state index in [1.54, 1.807) is 7.05 Å². The molecule has 6 nitrogen and oxygen atoms in total. The molecule has 1 atom stereocenters. The molecule has 2 aliphatic rings. The van der Waals surface area contributed by atoms with Gasteiger partial charge in [-0.3, -0.25) is 4.99 Å². The van der Waals surface area contributed by atoms with Crippen molar-refractivity contribution in [3.8, 4) is 5.75 Å². The second-order valence-corrected chi connectivity index (χ2v) is 7.28. The molecule has 0 spiro atoms. The minimum atomic E-state index is 0. The van der Waals surface area contributed by atoms with Crippen molar-refractivity contribution in [2.24, 2.45) is 10.9 Å². The van der Waals surface area contributed by atoms with E-state index in [4.69, 9.17) is 14.2 Å². The zero-order chi connectivity index (χ0) is 18.7. The monoisotopic (exact) mass is 503 g/mol. The lowest BCUT2D eigenvalue weighted by Crippen LogP contribution is -2.37. The molecule has 1 saturated carbocycles. The summed E-state index contributed by atoms with van der Waals surface area (Å²) < 4.78 is 17.2. The predicted octanol–water partition coefficient (Wildman–Crippen LogP) is 3.34. The first-order chi connectivity index (χ1) is 13.3. The number of para-hydroxylation sites is 1. The van der Waals surface area contributed by atoms with Crippen LogP contribution < -0.4 is 15.4 Å². The Balaban J connectivity index is 0.00000280. The Kier molecular flexibility index (Phi) is 11.0. The Bertz CT molecular complexity index is 590. The van der Waals surface area contributed by atoms with Gasteiger partial charge in [0.2, 0.25) is 0 Å². The van der Waals surface area contributed by atoms with Crippen LogP contribution in [0, 0.1) is 5.92 Å². The van der Waals surface area contributed by atoms with Crippen LogP contribution in [0.25, 0.3) is 0 Å². The topological polar surface area (TPSA) is 64.1 Å². The summed E-state index contributed by atoms with van der Waals surface area (Å²) in [7, 11) is 1.79. The molecule has 2 fully saturated rings. The molecule has 158 valence electrons. The van der Waals surface area contributed by atoms with Crippen molar-refractivity contribution in [1.29, 1.82) is 0 Å². The molecule has 1 unspecified atom stereocenters. The van der Waals surface area contributed by atoms with Gasteiger partial charge in [0.25, 0.3) is 0 Å². The molecule has 1 saturated heterocycles. The van der Waals surface area contributed by atoms with Gasteiger partial charge in [0.15, 0.2) is 5.96 Å². The first kappa shape index (κ1) is 23.2. The van der Waals surface area contributed by atoms with E-state index in [0.29, 0.717) is 19.3 Å². The van der Waals surface area contributed by atoms with Crippen LogP contribution in [-0.2, 0) is 16.0 Å². The van der Waals surface area contributed by atoms with E-state index >= 15 is 0 Å². The fraction of sp³-hybridized carbons (Fsp3) is 0.667. The fourth-order valence-electron chi connectivity index (χ4n) is 3.05. The lowest BCUT2D eigenvalue weighted by molar-refractivity contribution is 0.0168. The highest BCUT2D eigenvalue weighted by Gasteiger charge is 2.22. The molecule has 0 bridgehead atoms. The zero-order valence-corrected chi connectivity index (χ0v) is 19.2. The number of nitrogens with one attached hydrogen (secondary N) is 2. The predicted molar refractivity (Wildman–Crippen MR) is 123 cm³/mol. The van der Waals surface area contributed by atoms with Crippen molar-refractivity contribution in [3.63, 3.8) is 0 Å². The van der Waals surface area contributed by atoms with E-state index in [9.17, 15) is 0 Å². The van der Waals surface area contributed by atoms with Crippen molar-refractivity contribution >= 4 is 29.9 Å². The molecule has 0 amide bonds. The van der Waals surface area contributed by atoms with Crippen LogP contribution in [0.5, 0.6) is 5.75 Å². The molecule has 28 heavy (non-hydrogen) atoms. The number of guanidine groups is 1. The second-order valence-electron chi connectivity index (χ2n) is 7.28. The molecule has 1 heterocycles. The maximum atomic E-state index is 5.97. The molecule has 2 N–H and O–H groups in total. The van der Waals surface area contributed by atoms with E-state index < -0.39 is 0 Å². The number of benzene rings is 1. The summed E-state index contributed by atoms with van der Waals surface area (Å²) in [4.78, 5) is 4.29.